The van der Waals surface area contributed by atoms with Crippen LogP contribution in [0.15, 0.2) is 0 Å². The van der Waals surface area contributed by atoms with Crippen LogP contribution in [0.2, 0.25) is 0 Å². The average Bonchev–Trinajstić information content (AvgIpc) is 2.10. The number of rotatable bonds is 9. The molecule has 0 aromatic carbocycles. The summed E-state index contributed by atoms with van der Waals surface area (Å²) in [5, 5.41) is 0. The minimum atomic E-state index is 0.451. The lowest BCUT2D eigenvalue weighted by Gasteiger charge is -2.04. The molecule has 0 saturated heterocycles. The van der Waals surface area contributed by atoms with E-state index in [1.807, 2.05) is 0 Å². The van der Waals surface area contributed by atoms with Gasteiger partial charge in [0.1, 0.15) is 6.79 Å². The first-order valence-electron chi connectivity index (χ1n) is 4.68. The Morgan fingerprint density at radius 3 is 2.25 bits per heavy atom. The summed E-state index contributed by atoms with van der Waals surface area (Å²) in [5.41, 5.74) is 0. The molecule has 0 rings (SSSR count). The maximum absolute atomic E-state index is 5.23. The molecule has 0 radical (unpaired) electrons. The zero-order chi connectivity index (χ0) is 9.07. The summed E-state index contributed by atoms with van der Waals surface area (Å²) in [7, 11) is 0. The predicted molar refractivity (Wildman–Crippen MR) is 54.8 cm³/mol. The second kappa shape index (κ2) is 11.3. The van der Waals surface area contributed by atoms with Crippen LogP contribution in [0.4, 0.5) is 0 Å². The molecule has 74 valence electrons. The van der Waals surface area contributed by atoms with Crippen molar-refractivity contribution in [3.05, 3.63) is 0 Å². The monoisotopic (exact) mass is 192 g/mol. The molecule has 0 aliphatic carbocycles. The summed E-state index contributed by atoms with van der Waals surface area (Å²) >= 11 is 4.10. The first-order valence-corrected chi connectivity index (χ1v) is 5.31. The van der Waals surface area contributed by atoms with Crippen LogP contribution in [0.1, 0.15) is 32.6 Å². The van der Waals surface area contributed by atoms with Crippen LogP contribution in [0, 0.1) is 0 Å². The fourth-order valence-corrected chi connectivity index (χ4v) is 0.963. The Morgan fingerprint density at radius 2 is 1.67 bits per heavy atom. The molecule has 0 bridgehead atoms. The van der Waals surface area contributed by atoms with Crippen LogP contribution in [0.3, 0.4) is 0 Å². The van der Waals surface area contributed by atoms with E-state index in [1.165, 1.54) is 6.42 Å². The van der Waals surface area contributed by atoms with Crippen molar-refractivity contribution in [1.29, 1.82) is 0 Å². The van der Waals surface area contributed by atoms with Crippen molar-refractivity contribution in [2.45, 2.75) is 32.6 Å². The summed E-state index contributed by atoms with van der Waals surface area (Å²) in [4.78, 5) is 0. The molecule has 0 spiro atoms. The van der Waals surface area contributed by atoms with E-state index in [0.717, 1.165) is 38.2 Å². The minimum absolute atomic E-state index is 0.451. The van der Waals surface area contributed by atoms with Gasteiger partial charge in [0.2, 0.25) is 0 Å². The Labute approximate surface area is 81.0 Å². The summed E-state index contributed by atoms with van der Waals surface area (Å²) in [5.74, 6) is 0.944. The lowest BCUT2D eigenvalue weighted by Crippen LogP contribution is -2.02. The Bertz CT molecular complexity index is 68.9. The first-order chi connectivity index (χ1) is 5.91. The Balaban J connectivity index is 2.73. The maximum Gasteiger partial charge on any atom is 0.146 e. The minimum Gasteiger partial charge on any atom is -0.355 e. The SMILES string of the molecule is CCCCOCOCCCCS. The van der Waals surface area contributed by atoms with E-state index < -0.39 is 0 Å². The topological polar surface area (TPSA) is 18.5 Å². The zero-order valence-electron chi connectivity index (χ0n) is 7.92. The highest BCUT2D eigenvalue weighted by atomic mass is 32.1. The number of hydrogen-bond donors (Lipinski definition) is 1. The van der Waals surface area contributed by atoms with Gasteiger partial charge in [-0.1, -0.05) is 13.3 Å². The zero-order valence-corrected chi connectivity index (χ0v) is 8.81. The van der Waals surface area contributed by atoms with Crippen LogP contribution < -0.4 is 0 Å². The largest absolute Gasteiger partial charge is 0.355 e. The third-order valence-electron chi connectivity index (χ3n) is 1.51. The van der Waals surface area contributed by atoms with Crippen molar-refractivity contribution in [2.75, 3.05) is 25.8 Å². The van der Waals surface area contributed by atoms with E-state index >= 15 is 0 Å². The standard InChI is InChI=1S/C9H20O2S/c1-2-3-6-10-9-11-7-4-5-8-12/h12H,2-9H2,1H3. The van der Waals surface area contributed by atoms with Crippen LogP contribution in [-0.2, 0) is 9.47 Å². The fourth-order valence-electron chi connectivity index (χ4n) is 0.739. The van der Waals surface area contributed by atoms with Crippen molar-refractivity contribution >= 4 is 12.6 Å². The molecule has 0 saturated carbocycles. The van der Waals surface area contributed by atoms with Crippen molar-refractivity contribution in [2.24, 2.45) is 0 Å². The van der Waals surface area contributed by atoms with E-state index in [-0.39, 0.29) is 0 Å². The highest BCUT2D eigenvalue weighted by Gasteiger charge is 1.88. The van der Waals surface area contributed by atoms with Gasteiger partial charge in [-0.05, 0) is 25.0 Å². The summed E-state index contributed by atoms with van der Waals surface area (Å²) in [6, 6.07) is 0. The smallest absolute Gasteiger partial charge is 0.146 e. The molecule has 0 aromatic rings. The van der Waals surface area contributed by atoms with Crippen molar-refractivity contribution < 1.29 is 9.47 Å². The number of ether oxygens (including phenoxy) is 2. The number of thiol groups is 1. The number of hydrogen-bond acceptors (Lipinski definition) is 3. The third kappa shape index (κ3) is 10.3. The van der Waals surface area contributed by atoms with Gasteiger partial charge in [0.25, 0.3) is 0 Å². The van der Waals surface area contributed by atoms with E-state index in [0.29, 0.717) is 6.79 Å². The lowest BCUT2D eigenvalue weighted by molar-refractivity contribution is -0.0549. The summed E-state index contributed by atoms with van der Waals surface area (Å²) in [6.07, 6.45) is 4.51. The summed E-state index contributed by atoms with van der Waals surface area (Å²) < 4.78 is 10.4. The third-order valence-corrected chi connectivity index (χ3v) is 1.82. The summed E-state index contributed by atoms with van der Waals surface area (Å²) in [6.45, 7) is 4.22. The van der Waals surface area contributed by atoms with Crippen molar-refractivity contribution in [3.8, 4) is 0 Å². The molecule has 0 aromatic heterocycles. The highest BCUT2D eigenvalue weighted by molar-refractivity contribution is 7.80. The van der Waals surface area contributed by atoms with Crippen molar-refractivity contribution in [1.82, 2.24) is 0 Å². The molecule has 0 atom stereocenters. The molecule has 0 aliphatic heterocycles. The van der Waals surface area contributed by atoms with E-state index in [2.05, 4.69) is 19.6 Å². The number of unbranched alkanes of at least 4 members (excludes halogenated alkanes) is 2. The van der Waals surface area contributed by atoms with Crippen LogP contribution in [0.25, 0.3) is 0 Å². The normalized spacial score (nSPS) is 10.5. The molecule has 0 amide bonds. The molecular formula is C9H20O2S. The fraction of sp³-hybridized carbons (Fsp3) is 1.00. The molecule has 0 unspecified atom stereocenters. The maximum atomic E-state index is 5.23. The van der Waals surface area contributed by atoms with E-state index in [4.69, 9.17) is 9.47 Å². The average molecular weight is 192 g/mol. The lowest BCUT2D eigenvalue weighted by atomic mass is 10.4. The van der Waals surface area contributed by atoms with Gasteiger partial charge in [-0.2, -0.15) is 12.6 Å². The van der Waals surface area contributed by atoms with Gasteiger partial charge in [-0.15, -0.1) is 0 Å². The van der Waals surface area contributed by atoms with Gasteiger partial charge in [0.05, 0.1) is 0 Å². The Kier molecular flexibility index (Phi) is 11.5. The Morgan fingerprint density at radius 1 is 1.00 bits per heavy atom. The molecular weight excluding hydrogens is 172 g/mol. The molecule has 0 heterocycles. The molecule has 3 heteroatoms. The van der Waals surface area contributed by atoms with Gasteiger partial charge in [-0.25, -0.2) is 0 Å². The van der Waals surface area contributed by atoms with Gasteiger partial charge in [0, 0.05) is 13.2 Å². The molecule has 2 nitrogen and oxygen atoms in total. The quantitative estimate of drug-likeness (QED) is 0.344. The molecule has 0 N–H and O–H groups in total. The molecule has 12 heavy (non-hydrogen) atoms. The van der Waals surface area contributed by atoms with Crippen LogP contribution in [-0.4, -0.2) is 25.8 Å². The second-order valence-corrected chi connectivity index (χ2v) is 3.17. The molecule has 0 fully saturated rings. The molecule has 0 aliphatic rings. The predicted octanol–water partition coefficient (Wildman–Crippen LogP) is 2.49. The van der Waals surface area contributed by atoms with Gasteiger partial charge in [0.15, 0.2) is 0 Å². The van der Waals surface area contributed by atoms with E-state index in [9.17, 15) is 0 Å². The highest BCUT2D eigenvalue weighted by Crippen LogP contribution is 1.93. The van der Waals surface area contributed by atoms with Gasteiger partial charge >= 0.3 is 0 Å². The van der Waals surface area contributed by atoms with Gasteiger partial charge < -0.3 is 9.47 Å². The second-order valence-electron chi connectivity index (χ2n) is 2.72. The Hall–Kier alpha value is 0.270. The van der Waals surface area contributed by atoms with Crippen LogP contribution in [0.5, 0.6) is 0 Å². The van der Waals surface area contributed by atoms with Gasteiger partial charge in [-0.3, -0.25) is 0 Å². The van der Waals surface area contributed by atoms with Crippen LogP contribution >= 0.6 is 12.6 Å². The van der Waals surface area contributed by atoms with E-state index in [1.54, 1.807) is 0 Å². The van der Waals surface area contributed by atoms with Crippen molar-refractivity contribution in [3.63, 3.8) is 0 Å². The first kappa shape index (κ1) is 12.3.